The lowest BCUT2D eigenvalue weighted by Crippen LogP contribution is -2.48. The van der Waals surface area contributed by atoms with Gasteiger partial charge in [-0.1, -0.05) is 6.92 Å². The third-order valence-electron chi connectivity index (χ3n) is 5.79. The van der Waals surface area contributed by atoms with E-state index < -0.39 is 31.9 Å². The molecule has 2 saturated heterocycles. The van der Waals surface area contributed by atoms with Crippen LogP contribution in [-0.2, 0) is 24.8 Å². The number of halogens is 1. The molecule has 0 radical (unpaired) electrons. The Morgan fingerprint density at radius 1 is 1.00 bits per heavy atom. The summed E-state index contributed by atoms with van der Waals surface area (Å²) in [6, 6.07) is 9.86. The second kappa shape index (κ2) is 8.58. The van der Waals surface area contributed by atoms with Crippen molar-refractivity contribution in [3.63, 3.8) is 0 Å². The molecular weight excluding hydrogens is 473 g/mol. The largest absolute Gasteiger partial charge is 0.495 e. The van der Waals surface area contributed by atoms with Crippen LogP contribution in [0, 0.1) is 11.7 Å². The number of hydrogen-bond acceptors (Lipinski definition) is 7. The van der Waals surface area contributed by atoms with E-state index in [1.807, 2.05) is 4.90 Å². The van der Waals surface area contributed by atoms with Gasteiger partial charge in [0, 0.05) is 31.9 Å². The molecule has 0 aromatic heterocycles. The molecule has 0 N–H and O–H groups in total. The predicted molar refractivity (Wildman–Crippen MR) is 121 cm³/mol. The number of sulfonamides is 2. The second-order valence-electron chi connectivity index (χ2n) is 7.98. The summed E-state index contributed by atoms with van der Waals surface area (Å²) in [7, 11) is -6.61. The molecular formula is C21H24FN3O6S2. The van der Waals surface area contributed by atoms with E-state index in [1.54, 1.807) is 12.1 Å². The molecule has 0 bridgehead atoms. The van der Waals surface area contributed by atoms with Gasteiger partial charge in [-0.05, 0) is 42.5 Å². The lowest BCUT2D eigenvalue weighted by molar-refractivity contribution is -0.119. The van der Waals surface area contributed by atoms with Gasteiger partial charge in [0.05, 0.1) is 24.5 Å². The highest BCUT2D eigenvalue weighted by molar-refractivity contribution is 7.94. The van der Waals surface area contributed by atoms with Crippen LogP contribution >= 0.6 is 0 Å². The van der Waals surface area contributed by atoms with Crippen LogP contribution in [0.5, 0.6) is 5.75 Å². The van der Waals surface area contributed by atoms with Crippen molar-refractivity contribution < 1.29 is 30.8 Å². The van der Waals surface area contributed by atoms with Gasteiger partial charge in [0.1, 0.15) is 16.5 Å². The zero-order valence-corrected chi connectivity index (χ0v) is 19.8. The lowest BCUT2D eigenvalue weighted by Gasteiger charge is -2.35. The van der Waals surface area contributed by atoms with Crippen molar-refractivity contribution >= 4 is 37.3 Å². The van der Waals surface area contributed by atoms with Crippen molar-refractivity contribution in [3.05, 3.63) is 48.3 Å². The first kappa shape index (κ1) is 23.5. The molecule has 12 heteroatoms. The van der Waals surface area contributed by atoms with Crippen molar-refractivity contribution in [1.29, 1.82) is 0 Å². The molecule has 1 atom stereocenters. The molecule has 2 heterocycles. The molecule has 2 aliphatic heterocycles. The van der Waals surface area contributed by atoms with Crippen LogP contribution in [0.3, 0.4) is 0 Å². The molecule has 1 amide bonds. The smallest absolute Gasteiger partial charge is 0.246 e. The van der Waals surface area contributed by atoms with Crippen LogP contribution in [0.2, 0.25) is 0 Å². The van der Waals surface area contributed by atoms with Gasteiger partial charge >= 0.3 is 0 Å². The van der Waals surface area contributed by atoms with Crippen molar-refractivity contribution in [2.24, 2.45) is 5.92 Å². The maximum atomic E-state index is 13.5. The molecule has 178 valence electrons. The van der Waals surface area contributed by atoms with Crippen molar-refractivity contribution in [1.82, 2.24) is 4.31 Å². The van der Waals surface area contributed by atoms with Gasteiger partial charge in [0.2, 0.25) is 26.0 Å². The standard InChI is InChI=1S/C21H24FN3O6S2/c1-15-14-32(27,28)25(21(15)26)18-7-8-19(31-2)20(13-18)33(29,30)24-11-9-23(10-12-24)17-5-3-16(22)4-6-17/h3-8,13,15H,9-12,14H2,1-2H3. The fourth-order valence-corrected chi connectivity index (χ4v) is 7.47. The lowest BCUT2D eigenvalue weighted by atomic mass is 10.2. The fraction of sp³-hybridized carbons (Fsp3) is 0.381. The van der Waals surface area contributed by atoms with E-state index in [4.69, 9.17) is 4.74 Å². The van der Waals surface area contributed by atoms with Gasteiger partial charge < -0.3 is 9.64 Å². The van der Waals surface area contributed by atoms with Crippen LogP contribution in [0.4, 0.5) is 15.8 Å². The molecule has 2 aliphatic rings. The summed E-state index contributed by atoms with van der Waals surface area (Å²) in [5.74, 6) is -1.93. The summed E-state index contributed by atoms with van der Waals surface area (Å²) in [4.78, 5) is 14.2. The average Bonchev–Trinajstić information content (AvgIpc) is 3.00. The van der Waals surface area contributed by atoms with Crippen molar-refractivity contribution in [2.75, 3.05) is 48.2 Å². The highest BCUT2D eigenvalue weighted by atomic mass is 32.2. The Morgan fingerprint density at radius 3 is 2.15 bits per heavy atom. The summed E-state index contributed by atoms with van der Waals surface area (Å²) >= 11 is 0. The highest BCUT2D eigenvalue weighted by Crippen LogP contribution is 2.35. The Balaban J connectivity index is 1.62. The van der Waals surface area contributed by atoms with E-state index in [1.165, 1.54) is 48.7 Å². The molecule has 0 saturated carbocycles. The number of anilines is 2. The third-order valence-corrected chi connectivity index (χ3v) is 9.58. The summed E-state index contributed by atoms with van der Waals surface area (Å²) in [6.07, 6.45) is 0. The first-order chi connectivity index (χ1) is 15.5. The number of hydrogen-bond donors (Lipinski definition) is 0. The number of carbonyl (C=O) groups is 1. The Labute approximate surface area is 192 Å². The summed E-state index contributed by atoms with van der Waals surface area (Å²) < 4.78 is 72.2. The first-order valence-electron chi connectivity index (χ1n) is 10.3. The average molecular weight is 498 g/mol. The number of nitrogens with zero attached hydrogens (tertiary/aromatic N) is 3. The summed E-state index contributed by atoms with van der Waals surface area (Å²) in [5.41, 5.74) is 0.758. The predicted octanol–water partition coefficient (Wildman–Crippen LogP) is 1.66. The topological polar surface area (TPSA) is 104 Å². The van der Waals surface area contributed by atoms with Crippen LogP contribution in [0.25, 0.3) is 0 Å². The van der Waals surface area contributed by atoms with E-state index in [-0.39, 0.29) is 41.0 Å². The van der Waals surface area contributed by atoms with Gasteiger partial charge in [0.25, 0.3) is 0 Å². The van der Waals surface area contributed by atoms with Crippen LogP contribution in [0.1, 0.15) is 6.92 Å². The molecule has 9 nitrogen and oxygen atoms in total. The van der Waals surface area contributed by atoms with E-state index in [2.05, 4.69) is 0 Å². The maximum Gasteiger partial charge on any atom is 0.246 e. The Kier molecular flexibility index (Phi) is 6.10. The third kappa shape index (κ3) is 4.30. The highest BCUT2D eigenvalue weighted by Gasteiger charge is 2.43. The van der Waals surface area contributed by atoms with Gasteiger partial charge in [-0.3, -0.25) is 4.79 Å². The van der Waals surface area contributed by atoms with Gasteiger partial charge in [-0.2, -0.15) is 4.31 Å². The zero-order chi connectivity index (χ0) is 24.0. The Bertz CT molecular complexity index is 1270. The number of amides is 1. The second-order valence-corrected chi connectivity index (χ2v) is 11.8. The van der Waals surface area contributed by atoms with Crippen LogP contribution in [0.15, 0.2) is 47.4 Å². The fourth-order valence-electron chi connectivity index (χ4n) is 4.06. The Hall–Kier alpha value is -2.70. The molecule has 0 aliphatic carbocycles. The van der Waals surface area contributed by atoms with Gasteiger partial charge in [-0.25, -0.2) is 25.5 Å². The van der Waals surface area contributed by atoms with Gasteiger partial charge in [-0.15, -0.1) is 0 Å². The minimum absolute atomic E-state index is 0.0336. The Morgan fingerprint density at radius 2 is 1.61 bits per heavy atom. The SMILES string of the molecule is COc1ccc(N2C(=O)C(C)CS2(=O)=O)cc1S(=O)(=O)N1CCN(c2ccc(F)cc2)CC1. The normalized spacial score (nSPS) is 21.4. The first-order valence-corrected chi connectivity index (χ1v) is 13.3. The molecule has 33 heavy (non-hydrogen) atoms. The maximum absolute atomic E-state index is 13.5. The molecule has 1 unspecified atom stereocenters. The number of ether oxygens (including phenoxy) is 1. The molecule has 4 rings (SSSR count). The van der Waals surface area contributed by atoms with Crippen molar-refractivity contribution in [2.45, 2.75) is 11.8 Å². The number of carbonyl (C=O) groups excluding carboxylic acids is 1. The van der Waals surface area contributed by atoms with Crippen LogP contribution in [-0.4, -0.2) is 66.1 Å². The van der Waals surface area contributed by atoms with E-state index in [0.29, 0.717) is 17.4 Å². The molecule has 2 fully saturated rings. The summed E-state index contributed by atoms with van der Waals surface area (Å²) in [6.45, 7) is 2.64. The molecule has 2 aromatic carbocycles. The van der Waals surface area contributed by atoms with Crippen LogP contribution < -0.4 is 13.9 Å². The van der Waals surface area contributed by atoms with E-state index in [9.17, 15) is 26.0 Å². The van der Waals surface area contributed by atoms with E-state index >= 15 is 0 Å². The minimum Gasteiger partial charge on any atom is -0.495 e. The minimum atomic E-state index is -4.05. The molecule has 2 aromatic rings. The number of benzene rings is 2. The summed E-state index contributed by atoms with van der Waals surface area (Å²) in [5, 5.41) is 0. The quantitative estimate of drug-likeness (QED) is 0.619. The van der Waals surface area contributed by atoms with Crippen molar-refractivity contribution in [3.8, 4) is 5.75 Å². The van der Waals surface area contributed by atoms with Gasteiger partial charge in [0.15, 0.2) is 0 Å². The molecule has 0 spiro atoms. The number of rotatable bonds is 5. The zero-order valence-electron chi connectivity index (χ0n) is 18.1. The van der Waals surface area contributed by atoms with E-state index in [0.717, 1.165) is 5.69 Å². The monoisotopic (exact) mass is 497 g/mol. The number of piperazine rings is 1. The number of methoxy groups -OCH3 is 1.